The van der Waals surface area contributed by atoms with Gasteiger partial charge in [0, 0.05) is 5.88 Å². The first-order valence-electron chi connectivity index (χ1n) is 3.58. The second kappa shape index (κ2) is 1.88. The summed E-state index contributed by atoms with van der Waals surface area (Å²) in [5.41, 5.74) is 0.920. The van der Waals surface area contributed by atoms with E-state index >= 15 is 0 Å². The summed E-state index contributed by atoms with van der Waals surface area (Å²) in [6, 6.07) is 0. The van der Waals surface area contributed by atoms with Crippen LogP contribution < -0.4 is 0 Å². The van der Waals surface area contributed by atoms with Crippen molar-refractivity contribution in [2.24, 2.45) is 10.8 Å². The summed E-state index contributed by atoms with van der Waals surface area (Å²) in [5.74, 6) is 0.844. The highest BCUT2D eigenvalue weighted by molar-refractivity contribution is 6.18. The fraction of sp³-hybridized carbons (Fsp3) is 1.00. The smallest absolute Gasteiger partial charge is 0.0285 e. The maximum atomic E-state index is 5.84. The van der Waals surface area contributed by atoms with Gasteiger partial charge in [-0.2, -0.15) is 0 Å². The highest BCUT2D eigenvalue weighted by atomic mass is 35.5. The Kier molecular flexibility index (Phi) is 1.55. The average molecular weight is 147 g/mol. The van der Waals surface area contributed by atoms with Crippen LogP contribution in [0.3, 0.4) is 0 Å². The molecule has 0 saturated heterocycles. The van der Waals surface area contributed by atoms with Crippen molar-refractivity contribution in [1.82, 2.24) is 0 Å². The van der Waals surface area contributed by atoms with Crippen molar-refractivity contribution >= 4 is 11.6 Å². The molecular formula is C8H15Cl. The first-order chi connectivity index (χ1) is 4.02. The zero-order chi connectivity index (χ0) is 7.12. The largest absolute Gasteiger partial charge is 0.126 e. The van der Waals surface area contributed by atoms with Crippen LogP contribution in [0.1, 0.15) is 33.6 Å². The standard InChI is InChI=1S/C8H15Cl/c1-7(2,3)8(6-9)4-5-8/h4-6H2,1-3H3. The van der Waals surface area contributed by atoms with Gasteiger partial charge in [0.25, 0.3) is 0 Å². The molecule has 0 aromatic rings. The zero-order valence-corrected chi connectivity index (χ0v) is 7.26. The Morgan fingerprint density at radius 1 is 1.33 bits per heavy atom. The Morgan fingerprint density at radius 3 is 1.78 bits per heavy atom. The average Bonchev–Trinajstić information content (AvgIpc) is 2.40. The molecule has 0 unspecified atom stereocenters. The summed E-state index contributed by atoms with van der Waals surface area (Å²) in [5, 5.41) is 0. The number of alkyl halides is 1. The van der Waals surface area contributed by atoms with Crippen LogP contribution in [0, 0.1) is 10.8 Å². The van der Waals surface area contributed by atoms with Gasteiger partial charge < -0.3 is 0 Å². The number of halogens is 1. The van der Waals surface area contributed by atoms with E-state index in [9.17, 15) is 0 Å². The van der Waals surface area contributed by atoms with Gasteiger partial charge in [0.2, 0.25) is 0 Å². The molecule has 0 atom stereocenters. The van der Waals surface area contributed by atoms with Crippen LogP contribution in [0.4, 0.5) is 0 Å². The van der Waals surface area contributed by atoms with Crippen LogP contribution >= 0.6 is 11.6 Å². The number of hydrogen-bond acceptors (Lipinski definition) is 0. The minimum absolute atomic E-state index is 0.425. The molecule has 0 spiro atoms. The number of rotatable bonds is 1. The molecule has 1 saturated carbocycles. The van der Waals surface area contributed by atoms with Crippen LogP contribution in [-0.2, 0) is 0 Å². The van der Waals surface area contributed by atoms with Crippen molar-refractivity contribution in [2.45, 2.75) is 33.6 Å². The van der Waals surface area contributed by atoms with Gasteiger partial charge in [0.1, 0.15) is 0 Å². The Morgan fingerprint density at radius 2 is 1.78 bits per heavy atom. The molecule has 0 radical (unpaired) electrons. The van der Waals surface area contributed by atoms with Gasteiger partial charge in [0.15, 0.2) is 0 Å². The Hall–Kier alpha value is 0.290. The molecule has 1 aliphatic carbocycles. The maximum absolute atomic E-state index is 5.84. The Balaban J connectivity index is 2.60. The van der Waals surface area contributed by atoms with Crippen molar-refractivity contribution < 1.29 is 0 Å². The third-order valence-corrected chi connectivity index (χ3v) is 3.21. The summed E-state index contributed by atoms with van der Waals surface area (Å²) < 4.78 is 0. The van der Waals surface area contributed by atoms with E-state index in [1.807, 2.05) is 0 Å². The van der Waals surface area contributed by atoms with Crippen molar-refractivity contribution in [3.8, 4) is 0 Å². The molecule has 54 valence electrons. The van der Waals surface area contributed by atoms with E-state index in [-0.39, 0.29) is 0 Å². The minimum Gasteiger partial charge on any atom is -0.126 e. The molecule has 1 heteroatoms. The fourth-order valence-corrected chi connectivity index (χ4v) is 1.90. The molecule has 0 bridgehead atoms. The third kappa shape index (κ3) is 1.10. The SMILES string of the molecule is CC(C)(C)C1(CCl)CC1. The Bertz CT molecular complexity index is 106. The van der Waals surface area contributed by atoms with Crippen LogP contribution in [-0.4, -0.2) is 5.88 Å². The topological polar surface area (TPSA) is 0 Å². The fourth-order valence-electron chi connectivity index (χ4n) is 1.23. The van der Waals surface area contributed by atoms with Crippen molar-refractivity contribution in [2.75, 3.05) is 5.88 Å². The summed E-state index contributed by atoms with van der Waals surface area (Å²) in [6.07, 6.45) is 2.67. The molecule has 0 aromatic heterocycles. The van der Waals surface area contributed by atoms with Gasteiger partial charge in [0.05, 0.1) is 0 Å². The molecule has 0 aromatic carbocycles. The molecule has 0 aliphatic heterocycles. The van der Waals surface area contributed by atoms with Crippen molar-refractivity contribution in [3.05, 3.63) is 0 Å². The maximum Gasteiger partial charge on any atom is 0.0285 e. The van der Waals surface area contributed by atoms with Gasteiger partial charge in [-0.15, -0.1) is 11.6 Å². The number of hydrogen-bond donors (Lipinski definition) is 0. The van der Waals surface area contributed by atoms with E-state index in [4.69, 9.17) is 11.6 Å². The predicted molar refractivity (Wildman–Crippen MR) is 41.8 cm³/mol. The van der Waals surface area contributed by atoms with E-state index in [1.54, 1.807) is 0 Å². The van der Waals surface area contributed by atoms with E-state index in [0.29, 0.717) is 10.8 Å². The normalized spacial score (nSPS) is 24.0. The molecular weight excluding hydrogens is 132 g/mol. The summed E-state index contributed by atoms with van der Waals surface area (Å²) in [7, 11) is 0. The zero-order valence-electron chi connectivity index (χ0n) is 6.50. The van der Waals surface area contributed by atoms with Gasteiger partial charge in [-0.3, -0.25) is 0 Å². The first-order valence-corrected chi connectivity index (χ1v) is 4.11. The lowest BCUT2D eigenvalue weighted by atomic mass is 9.79. The monoisotopic (exact) mass is 146 g/mol. The molecule has 1 fully saturated rings. The van der Waals surface area contributed by atoms with Crippen LogP contribution in [0.15, 0.2) is 0 Å². The summed E-state index contributed by atoms with van der Waals surface area (Å²) in [6.45, 7) is 6.84. The van der Waals surface area contributed by atoms with Gasteiger partial charge >= 0.3 is 0 Å². The minimum atomic E-state index is 0.425. The lowest BCUT2D eigenvalue weighted by molar-refractivity contribution is 0.241. The summed E-state index contributed by atoms with van der Waals surface area (Å²) >= 11 is 5.84. The van der Waals surface area contributed by atoms with Crippen LogP contribution in [0.2, 0.25) is 0 Å². The van der Waals surface area contributed by atoms with E-state index in [1.165, 1.54) is 12.8 Å². The van der Waals surface area contributed by atoms with Gasteiger partial charge in [-0.25, -0.2) is 0 Å². The highest BCUT2D eigenvalue weighted by Gasteiger charge is 2.50. The third-order valence-electron chi connectivity index (χ3n) is 2.70. The van der Waals surface area contributed by atoms with E-state index in [0.717, 1.165) is 5.88 Å². The predicted octanol–water partition coefficient (Wildman–Crippen LogP) is 3.05. The first kappa shape index (κ1) is 7.40. The summed E-state index contributed by atoms with van der Waals surface area (Å²) in [4.78, 5) is 0. The van der Waals surface area contributed by atoms with E-state index in [2.05, 4.69) is 20.8 Å². The van der Waals surface area contributed by atoms with Crippen molar-refractivity contribution in [3.63, 3.8) is 0 Å². The second-order valence-electron chi connectivity index (χ2n) is 4.16. The second-order valence-corrected chi connectivity index (χ2v) is 4.43. The van der Waals surface area contributed by atoms with E-state index < -0.39 is 0 Å². The molecule has 0 heterocycles. The highest BCUT2D eigenvalue weighted by Crippen LogP contribution is 2.58. The molecule has 0 N–H and O–H groups in total. The van der Waals surface area contributed by atoms with Crippen molar-refractivity contribution in [1.29, 1.82) is 0 Å². The molecule has 1 rings (SSSR count). The molecule has 1 aliphatic rings. The lowest BCUT2D eigenvalue weighted by Crippen LogP contribution is -2.23. The molecule has 9 heavy (non-hydrogen) atoms. The van der Waals surface area contributed by atoms with Gasteiger partial charge in [-0.05, 0) is 23.7 Å². The lowest BCUT2D eigenvalue weighted by Gasteiger charge is -2.28. The molecule has 0 nitrogen and oxygen atoms in total. The van der Waals surface area contributed by atoms with Crippen LogP contribution in [0.5, 0.6) is 0 Å². The van der Waals surface area contributed by atoms with Crippen LogP contribution in [0.25, 0.3) is 0 Å². The Labute approximate surface area is 62.6 Å². The molecule has 0 amide bonds. The van der Waals surface area contributed by atoms with Gasteiger partial charge in [-0.1, -0.05) is 20.8 Å². The quantitative estimate of drug-likeness (QED) is 0.499.